The van der Waals surface area contributed by atoms with Crippen molar-refractivity contribution in [3.8, 4) is 0 Å². The number of hydrogen-bond donors (Lipinski definition) is 2. The Morgan fingerprint density at radius 2 is 1.59 bits per heavy atom. The average Bonchev–Trinajstić information content (AvgIpc) is 3.10. The van der Waals surface area contributed by atoms with Crippen LogP contribution < -0.4 is 10.6 Å². The van der Waals surface area contributed by atoms with Gasteiger partial charge in [-0.1, -0.05) is 54.1 Å². The van der Waals surface area contributed by atoms with Gasteiger partial charge >= 0.3 is 12.2 Å². The van der Waals surface area contributed by atoms with E-state index in [1.54, 1.807) is 4.68 Å². The van der Waals surface area contributed by atoms with Crippen molar-refractivity contribution in [1.82, 2.24) is 15.1 Å². The Kier molecular flexibility index (Phi) is 5.85. The summed E-state index contributed by atoms with van der Waals surface area (Å²) in [6.45, 7) is 2.64. The maximum absolute atomic E-state index is 12.8. The Morgan fingerprint density at radius 3 is 2.28 bits per heavy atom. The molecule has 0 radical (unpaired) electrons. The van der Waals surface area contributed by atoms with Crippen molar-refractivity contribution in [2.75, 3.05) is 5.32 Å². The van der Waals surface area contributed by atoms with Crippen LogP contribution in [0.1, 0.15) is 22.3 Å². The van der Waals surface area contributed by atoms with Gasteiger partial charge in [-0.2, -0.15) is 18.3 Å². The molecule has 5 nitrogen and oxygen atoms in total. The predicted octanol–water partition coefficient (Wildman–Crippen LogP) is 5.73. The van der Waals surface area contributed by atoms with E-state index in [0.717, 1.165) is 34.2 Å². The Hall–Kier alpha value is -3.81. The van der Waals surface area contributed by atoms with Gasteiger partial charge in [0.25, 0.3) is 0 Å². The van der Waals surface area contributed by atoms with E-state index in [0.29, 0.717) is 17.9 Å². The van der Waals surface area contributed by atoms with Crippen LogP contribution in [0.4, 0.5) is 23.8 Å². The van der Waals surface area contributed by atoms with Crippen molar-refractivity contribution in [1.29, 1.82) is 0 Å². The molecule has 2 N–H and O–H groups in total. The van der Waals surface area contributed by atoms with E-state index >= 15 is 0 Å². The Balaban J connectivity index is 1.49. The summed E-state index contributed by atoms with van der Waals surface area (Å²) in [5.74, 6) is 0.383. The van der Waals surface area contributed by atoms with Crippen LogP contribution in [0, 0.1) is 6.92 Å². The molecule has 1 aromatic heterocycles. The Labute approximate surface area is 182 Å². The summed E-state index contributed by atoms with van der Waals surface area (Å²) in [5.41, 5.74) is 2.86. The van der Waals surface area contributed by atoms with Gasteiger partial charge in [0.05, 0.1) is 17.6 Å². The van der Waals surface area contributed by atoms with Gasteiger partial charge in [0, 0.05) is 11.9 Å². The molecule has 164 valence electrons. The zero-order chi connectivity index (χ0) is 22.7. The third kappa shape index (κ3) is 4.91. The van der Waals surface area contributed by atoms with Crippen LogP contribution in [0.5, 0.6) is 0 Å². The lowest BCUT2D eigenvalue weighted by molar-refractivity contribution is -0.137. The third-order valence-corrected chi connectivity index (χ3v) is 5.08. The largest absolute Gasteiger partial charge is 0.416 e. The summed E-state index contributed by atoms with van der Waals surface area (Å²) < 4.78 is 40.1. The molecule has 0 aliphatic rings. The number of benzene rings is 3. The molecule has 4 aromatic rings. The van der Waals surface area contributed by atoms with E-state index in [9.17, 15) is 18.0 Å². The maximum atomic E-state index is 12.8. The van der Waals surface area contributed by atoms with Crippen molar-refractivity contribution >= 4 is 22.8 Å². The van der Waals surface area contributed by atoms with Crippen LogP contribution in [0.15, 0.2) is 72.8 Å². The highest BCUT2D eigenvalue weighted by Gasteiger charge is 2.29. The van der Waals surface area contributed by atoms with E-state index < -0.39 is 17.8 Å². The second-order valence-electron chi connectivity index (χ2n) is 7.51. The van der Waals surface area contributed by atoms with E-state index in [4.69, 9.17) is 0 Å². The Morgan fingerprint density at radius 1 is 0.938 bits per heavy atom. The molecule has 4 rings (SSSR count). The minimum atomic E-state index is -4.38. The molecular weight excluding hydrogens is 417 g/mol. The first-order valence-corrected chi connectivity index (χ1v) is 10.0. The minimum Gasteiger partial charge on any atom is -0.334 e. The zero-order valence-corrected chi connectivity index (χ0v) is 17.3. The highest BCUT2D eigenvalue weighted by atomic mass is 19.4. The minimum absolute atomic E-state index is 0.269. The molecule has 0 aliphatic carbocycles. The highest BCUT2D eigenvalue weighted by molar-refractivity contribution is 5.99. The van der Waals surface area contributed by atoms with Crippen LogP contribution in [0.2, 0.25) is 0 Å². The van der Waals surface area contributed by atoms with E-state index in [2.05, 4.69) is 15.7 Å². The number of nitrogens with zero attached hydrogens (tertiary/aromatic N) is 2. The van der Waals surface area contributed by atoms with Crippen molar-refractivity contribution in [2.24, 2.45) is 0 Å². The van der Waals surface area contributed by atoms with E-state index in [1.807, 2.05) is 55.5 Å². The molecule has 0 saturated carbocycles. The summed E-state index contributed by atoms with van der Waals surface area (Å²) >= 11 is 0. The normalized spacial score (nSPS) is 11.5. The molecule has 32 heavy (non-hydrogen) atoms. The molecule has 0 unspecified atom stereocenters. The number of aromatic nitrogens is 2. The number of carbonyl (C=O) groups is 1. The first kappa shape index (κ1) is 21.4. The number of fused-ring (bicyclic) bond motifs is 1. The number of aryl methyl sites for hydroxylation is 1. The molecule has 0 fully saturated rings. The average molecular weight is 438 g/mol. The standard InChI is InChI=1S/C24H21F3N4O/c1-16-6-8-17(9-7-16)14-28-23(32)29-22-20-4-2-3-5-21(20)31(30-22)15-18-10-12-19(13-11-18)24(25,26)27/h2-13H,14-15H2,1H3,(H2,28,29,30,32). The van der Waals surface area contributed by atoms with Crippen molar-refractivity contribution in [2.45, 2.75) is 26.2 Å². The second-order valence-corrected chi connectivity index (χ2v) is 7.51. The van der Waals surface area contributed by atoms with Gasteiger partial charge in [0.2, 0.25) is 0 Å². The lowest BCUT2D eigenvalue weighted by Crippen LogP contribution is -2.28. The second kappa shape index (κ2) is 8.74. The van der Waals surface area contributed by atoms with Gasteiger partial charge in [0.15, 0.2) is 5.82 Å². The number of rotatable bonds is 5. The van der Waals surface area contributed by atoms with Gasteiger partial charge in [-0.3, -0.25) is 10.00 Å². The molecule has 3 aromatic carbocycles. The van der Waals surface area contributed by atoms with Gasteiger partial charge in [0.1, 0.15) is 0 Å². The lowest BCUT2D eigenvalue weighted by Gasteiger charge is -2.08. The number of halogens is 3. The van der Waals surface area contributed by atoms with Crippen molar-refractivity contribution in [3.05, 3.63) is 95.1 Å². The molecule has 2 amide bonds. The van der Waals surface area contributed by atoms with Crippen LogP contribution >= 0.6 is 0 Å². The number of para-hydroxylation sites is 1. The quantitative estimate of drug-likeness (QED) is 0.418. The number of amides is 2. The van der Waals surface area contributed by atoms with Gasteiger partial charge in [-0.15, -0.1) is 0 Å². The van der Waals surface area contributed by atoms with Crippen LogP contribution in [-0.2, 0) is 19.3 Å². The van der Waals surface area contributed by atoms with E-state index in [-0.39, 0.29) is 6.54 Å². The van der Waals surface area contributed by atoms with Crippen LogP contribution in [0.3, 0.4) is 0 Å². The molecule has 0 atom stereocenters. The SMILES string of the molecule is Cc1ccc(CNC(=O)Nc2nn(Cc3ccc(C(F)(F)F)cc3)c3ccccc23)cc1. The molecule has 8 heteroatoms. The monoisotopic (exact) mass is 438 g/mol. The van der Waals surface area contributed by atoms with Crippen LogP contribution in [0.25, 0.3) is 10.9 Å². The van der Waals surface area contributed by atoms with Crippen LogP contribution in [-0.4, -0.2) is 15.8 Å². The molecular formula is C24H21F3N4O. The summed E-state index contributed by atoms with van der Waals surface area (Å²) in [6.07, 6.45) is -4.38. The fourth-order valence-electron chi connectivity index (χ4n) is 3.35. The van der Waals surface area contributed by atoms with Gasteiger partial charge in [-0.25, -0.2) is 4.79 Å². The van der Waals surface area contributed by atoms with Gasteiger partial charge in [-0.05, 0) is 42.3 Å². The zero-order valence-electron chi connectivity index (χ0n) is 17.3. The first-order valence-electron chi connectivity index (χ1n) is 10.0. The van der Waals surface area contributed by atoms with Gasteiger partial charge < -0.3 is 5.32 Å². The molecule has 0 aliphatic heterocycles. The molecule has 0 saturated heterocycles. The number of urea groups is 1. The Bertz CT molecular complexity index is 1230. The molecule has 1 heterocycles. The third-order valence-electron chi connectivity index (χ3n) is 5.08. The summed E-state index contributed by atoms with van der Waals surface area (Å²) in [4.78, 5) is 12.4. The summed E-state index contributed by atoms with van der Waals surface area (Å²) in [7, 11) is 0. The smallest absolute Gasteiger partial charge is 0.334 e. The maximum Gasteiger partial charge on any atom is 0.416 e. The number of alkyl halides is 3. The molecule has 0 spiro atoms. The number of nitrogens with one attached hydrogen (secondary N) is 2. The summed E-state index contributed by atoms with van der Waals surface area (Å²) in [6, 6.07) is 19.8. The van der Waals surface area contributed by atoms with E-state index in [1.165, 1.54) is 12.1 Å². The summed E-state index contributed by atoms with van der Waals surface area (Å²) in [5, 5.41) is 10.8. The fraction of sp³-hybridized carbons (Fsp3) is 0.167. The molecule has 0 bridgehead atoms. The first-order chi connectivity index (χ1) is 15.3. The topological polar surface area (TPSA) is 59.0 Å². The van der Waals surface area contributed by atoms with Crippen molar-refractivity contribution < 1.29 is 18.0 Å². The van der Waals surface area contributed by atoms with Crippen molar-refractivity contribution in [3.63, 3.8) is 0 Å². The highest BCUT2D eigenvalue weighted by Crippen LogP contribution is 2.29. The lowest BCUT2D eigenvalue weighted by atomic mass is 10.1. The fourth-order valence-corrected chi connectivity index (χ4v) is 3.35. The number of carbonyl (C=O) groups excluding carboxylic acids is 1. The predicted molar refractivity (Wildman–Crippen MR) is 117 cm³/mol. The number of hydrogen-bond acceptors (Lipinski definition) is 2. The number of anilines is 1.